The molecule has 2 rings (SSSR count). The highest BCUT2D eigenvalue weighted by molar-refractivity contribution is 5.90. The van der Waals surface area contributed by atoms with E-state index in [1.165, 1.54) is 4.90 Å². The lowest BCUT2D eigenvalue weighted by molar-refractivity contribution is -0.140. The first-order valence-electron chi connectivity index (χ1n) is 10.8. The van der Waals surface area contributed by atoms with Gasteiger partial charge in [-0.05, 0) is 51.0 Å². The van der Waals surface area contributed by atoms with Crippen molar-refractivity contribution < 1.29 is 19.1 Å². The smallest absolute Gasteiger partial charge is 0.408 e. The van der Waals surface area contributed by atoms with E-state index in [2.05, 4.69) is 16.6 Å². The third-order valence-electron chi connectivity index (χ3n) is 4.71. The molecule has 0 aliphatic rings. The number of terminal acetylenes is 1. The van der Waals surface area contributed by atoms with Crippen LogP contribution in [0.1, 0.15) is 50.4 Å². The highest BCUT2D eigenvalue weighted by Crippen LogP contribution is 2.22. The minimum absolute atomic E-state index is 0.259. The fraction of sp³-hybridized carbons (Fsp3) is 0.346. The molecule has 0 saturated heterocycles. The van der Waals surface area contributed by atoms with Crippen molar-refractivity contribution in [1.82, 2.24) is 15.5 Å². The van der Waals surface area contributed by atoms with E-state index in [4.69, 9.17) is 11.2 Å². The summed E-state index contributed by atoms with van der Waals surface area (Å²) in [5, 5.41) is 5.37. The molecule has 2 N–H and O–H groups in total. The quantitative estimate of drug-likeness (QED) is 0.605. The van der Waals surface area contributed by atoms with Crippen LogP contribution in [0.3, 0.4) is 0 Å². The molecular formula is C26H31N3O4. The molecule has 0 fully saturated rings. The number of alkyl carbamates (subject to hydrolysis) is 1. The second-order valence-electron chi connectivity index (χ2n) is 8.41. The van der Waals surface area contributed by atoms with Crippen molar-refractivity contribution in [1.29, 1.82) is 0 Å². The van der Waals surface area contributed by atoms with Crippen LogP contribution in [-0.2, 0) is 20.9 Å². The number of amides is 3. The van der Waals surface area contributed by atoms with Crippen LogP contribution >= 0.6 is 0 Å². The van der Waals surface area contributed by atoms with Crippen LogP contribution in [0, 0.1) is 12.3 Å². The lowest BCUT2D eigenvalue weighted by Gasteiger charge is -2.30. The summed E-state index contributed by atoms with van der Waals surface area (Å²) < 4.78 is 5.19. The van der Waals surface area contributed by atoms with Gasteiger partial charge in [0, 0.05) is 18.7 Å². The average Bonchev–Trinajstić information content (AvgIpc) is 2.79. The minimum atomic E-state index is -0.890. The molecule has 2 aromatic rings. The molecule has 0 radical (unpaired) electrons. The number of hydrogen-bond donors (Lipinski definition) is 2. The molecule has 7 nitrogen and oxygen atoms in total. The Morgan fingerprint density at radius 3 is 2.21 bits per heavy atom. The highest BCUT2D eigenvalue weighted by Gasteiger charge is 2.30. The van der Waals surface area contributed by atoms with Gasteiger partial charge in [0.25, 0.3) is 0 Å². The minimum Gasteiger partial charge on any atom is -0.444 e. The van der Waals surface area contributed by atoms with Crippen molar-refractivity contribution in [2.45, 2.75) is 45.9 Å². The van der Waals surface area contributed by atoms with E-state index in [1.54, 1.807) is 52.0 Å². The zero-order valence-electron chi connectivity index (χ0n) is 19.6. The van der Waals surface area contributed by atoms with Gasteiger partial charge in [-0.2, -0.15) is 0 Å². The Bertz CT molecular complexity index is 989. The van der Waals surface area contributed by atoms with Crippen molar-refractivity contribution in [2.75, 3.05) is 13.1 Å². The molecule has 0 bridgehead atoms. The second kappa shape index (κ2) is 11.7. The Morgan fingerprint density at radius 1 is 1.03 bits per heavy atom. The number of likely N-dealkylation sites (N-methyl/N-ethyl adjacent to an activating group) is 1. The summed E-state index contributed by atoms with van der Waals surface area (Å²) in [6.45, 7) is 7.26. The molecular weight excluding hydrogens is 418 g/mol. The maximum absolute atomic E-state index is 13.2. The van der Waals surface area contributed by atoms with Crippen molar-refractivity contribution in [3.05, 3.63) is 71.3 Å². The lowest BCUT2D eigenvalue weighted by Crippen LogP contribution is -2.47. The van der Waals surface area contributed by atoms with E-state index in [1.807, 2.05) is 30.3 Å². The van der Waals surface area contributed by atoms with E-state index >= 15 is 0 Å². The zero-order valence-corrected chi connectivity index (χ0v) is 19.6. The third-order valence-corrected chi connectivity index (χ3v) is 4.71. The Labute approximate surface area is 195 Å². The van der Waals surface area contributed by atoms with Crippen LogP contribution in [0.15, 0.2) is 54.6 Å². The molecule has 0 aliphatic carbocycles. The molecule has 7 heteroatoms. The predicted molar refractivity (Wildman–Crippen MR) is 127 cm³/mol. The van der Waals surface area contributed by atoms with Crippen molar-refractivity contribution in [2.24, 2.45) is 0 Å². The van der Waals surface area contributed by atoms with Crippen LogP contribution in [0.5, 0.6) is 0 Å². The monoisotopic (exact) mass is 449 g/mol. The summed E-state index contributed by atoms with van der Waals surface area (Å²) in [6.07, 6.45) is 4.75. The van der Waals surface area contributed by atoms with Crippen LogP contribution < -0.4 is 10.6 Å². The molecule has 174 valence electrons. The first-order valence-corrected chi connectivity index (χ1v) is 10.8. The summed E-state index contributed by atoms with van der Waals surface area (Å²) in [5.41, 5.74) is 1.54. The van der Waals surface area contributed by atoms with Gasteiger partial charge in [0.15, 0.2) is 0 Å². The van der Waals surface area contributed by atoms with Gasteiger partial charge < -0.3 is 20.3 Å². The molecule has 2 aromatic carbocycles. The molecule has 0 aromatic heterocycles. The van der Waals surface area contributed by atoms with E-state index in [9.17, 15) is 14.4 Å². The number of nitrogens with zero attached hydrogens (tertiary/aromatic N) is 1. The largest absolute Gasteiger partial charge is 0.444 e. The normalized spacial score (nSPS) is 11.6. The SMILES string of the molecule is C#Cc1ccc(C(C(=O)NCc2ccccc2)N(CC)C(=O)CNC(=O)OC(C)(C)C)cc1. The number of ether oxygens (including phenoxy) is 1. The van der Waals surface area contributed by atoms with Gasteiger partial charge >= 0.3 is 6.09 Å². The standard InChI is InChI=1S/C26H31N3O4/c1-6-19-13-15-21(16-14-19)23(24(31)27-17-20-11-9-8-10-12-20)29(7-2)22(30)18-28-25(32)33-26(3,4)5/h1,8-16,23H,7,17-18H2,2-5H3,(H,27,31)(H,28,32). The van der Waals surface area contributed by atoms with Crippen molar-refractivity contribution in [3.8, 4) is 12.3 Å². The number of hydrogen-bond acceptors (Lipinski definition) is 4. The number of carbonyl (C=O) groups excluding carboxylic acids is 3. The molecule has 0 spiro atoms. The van der Waals surface area contributed by atoms with Gasteiger partial charge in [0.1, 0.15) is 18.2 Å². The van der Waals surface area contributed by atoms with Gasteiger partial charge in [-0.1, -0.05) is 48.4 Å². The Hall–Kier alpha value is -3.79. The van der Waals surface area contributed by atoms with Gasteiger partial charge in [0.05, 0.1) is 0 Å². The van der Waals surface area contributed by atoms with E-state index in [0.29, 0.717) is 17.7 Å². The van der Waals surface area contributed by atoms with E-state index < -0.39 is 23.6 Å². The second-order valence-corrected chi connectivity index (χ2v) is 8.41. The molecule has 0 saturated carbocycles. The summed E-state index contributed by atoms with van der Waals surface area (Å²) in [5.74, 6) is 1.80. The van der Waals surface area contributed by atoms with Gasteiger partial charge in [0.2, 0.25) is 11.8 Å². The van der Waals surface area contributed by atoms with E-state index in [-0.39, 0.29) is 19.0 Å². The number of rotatable bonds is 8. The van der Waals surface area contributed by atoms with Crippen molar-refractivity contribution in [3.63, 3.8) is 0 Å². The van der Waals surface area contributed by atoms with Crippen LogP contribution in [0.4, 0.5) is 4.79 Å². The third kappa shape index (κ3) is 8.00. The first-order chi connectivity index (χ1) is 15.6. The van der Waals surface area contributed by atoms with Crippen LogP contribution in [0.2, 0.25) is 0 Å². The maximum atomic E-state index is 13.2. The summed E-state index contributed by atoms with van der Waals surface area (Å²) in [4.78, 5) is 39.6. The average molecular weight is 450 g/mol. The molecule has 0 aliphatic heterocycles. The molecule has 3 amide bonds. The fourth-order valence-electron chi connectivity index (χ4n) is 3.18. The van der Waals surface area contributed by atoms with Crippen molar-refractivity contribution >= 4 is 17.9 Å². The number of carbonyl (C=O) groups is 3. The van der Waals surface area contributed by atoms with Crippen LogP contribution in [-0.4, -0.2) is 41.5 Å². The zero-order chi connectivity index (χ0) is 24.4. The number of nitrogens with one attached hydrogen (secondary N) is 2. The summed E-state index contributed by atoms with van der Waals surface area (Å²) >= 11 is 0. The lowest BCUT2D eigenvalue weighted by atomic mass is 10.0. The fourth-order valence-corrected chi connectivity index (χ4v) is 3.18. The van der Waals surface area contributed by atoms with Gasteiger partial charge in [-0.25, -0.2) is 4.79 Å². The summed E-state index contributed by atoms with van der Waals surface area (Å²) in [6, 6.07) is 15.5. The highest BCUT2D eigenvalue weighted by atomic mass is 16.6. The molecule has 1 unspecified atom stereocenters. The Morgan fingerprint density at radius 2 is 1.67 bits per heavy atom. The first kappa shape index (κ1) is 25.5. The molecule has 33 heavy (non-hydrogen) atoms. The Balaban J connectivity index is 2.21. The maximum Gasteiger partial charge on any atom is 0.408 e. The number of benzene rings is 2. The van der Waals surface area contributed by atoms with Gasteiger partial charge in [-0.3, -0.25) is 9.59 Å². The topological polar surface area (TPSA) is 87.7 Å². The van der Waals surface area contributed by atoms with Gasteiger partial charge in [-0.15, -0.1) is 6.42 Å². The van der Waals surface area contributed by atoms with Crippen LogP contribution in [0.25, 0.3) is 0 Å². The van der Waals surface area contributed by atoms with E-state index in [0.717, 1.165) is 5.56 Å². The summed E-state index contributed by atoms with van der Waals surface area (Å²) in [7, 11) is 0. The molecule has 1 atom stereocenters. The predicted octanol–water partition coefficient (Wildman–Crippen LogP) is 3.40. The Kier molecular flexibility index (Phi) is 9.05. The molecule has 0 heterocycles.